The number of nitrogens with zero attached hydrogens (tertiary/aromatic N) is 1. The zero-order valence-corrected chi connectivity index (χ0v) is 13.4. The van der Waals surface area contributed by atoms with Crippen LogP contribution in [0.3, 0.4) is 0 Å². The van der Waals surface area contributed by atoms with Crippen LogP contribution in [0.5, 0.6) is 0 Å². The third-order valence-corrected chi connectivity index (χ3v) is 4.32. The minimum Gasteiger partial charge on any atom is -0.444 e. The van der Waals surface area contributed by atoms with Crippen molar-refractivity contribution in [2.45, 2.75) is 32.9 Å². The second-order valence-corrected chi connectivity index (χ2v) is 5.85. The Morgan fingerprint density at radius 3 is 2.35 bits per heavy atom. The summed E-state index contributed by atoms with van der Waals surface area (Å²) < 4.78 is 5.26. The number of Topliss-reactive ketones (excluding diaryl/α,β-unsaturated/α-hetero) is 1. The molecule has 1 aliphatic heterocycles. The smallest absolute Gasteiger partial charge is 0.415 e. The van der Waals surface area contributed by atoms with E-state index in [1.807, 2.05) is 56.3 Å². The first kappa shape index (κ1) is 15.3. The molecule has 0 radical (unpaired) electrons. The Bertz CT molecular complexity index is 754. The molecule has 4 heteroatoms. The number of amides is 1. The van der Waals surface area contributed by atoms with Gasteiger partial charge in [-0.2, -0.15) is 0 Å². The van der Waals surface area contributed by atoms with Gasteiger partial charge in [-0.05, 0) is 44.0 Å². The molecule has 2 atom stereocenters. The molecular weight excluding hydrogens is 290 g/mol. The lowest BCUT2D eigenvalue weighted by atomic mass is 9.96. The molecule has 1 fully saturated rings. The van der Waals surface area contributed by atoms with E-state index in [4.69, 9.17) is 4.74 Å². The number of ether oxygens (including phenoxy) is 1. The van der Waals surface area contributed by atoms with Gasteiger partial charge in [-0.15, -0.1) is 0 Å². The van der Waals surface area contributed by atoms with Crippen molar-refractivity contribution in [1.82, 2.24) is 0 Å². The fraction of sp³-hybridized carbons (Fsp3) is 0.263. The van der Waals surface area contributed by atoms with Gasteiger partial charge in [0.1, 0.15) is 6.10 Å². The van der Waals surface area contributed by atoms with Crippen molar-refractivity contribution >= 4 is 17.6 Å². The molecule has 3 rings (SSSR count). The van der Waals surface area contributed by atoms with E-state index in [0.717, 1.165) is 11.1 Å². The molecule has 0 aromatic heterocycles. The van der Waals surface area contributed by atoms with Gasteiger partial charge in [0.2, 0.25) is 0 Å². The second kappa shape index (κ2) is 5.88. The van der Waals surface area contributed by atoms with Crippen LogP contribution in [0.1, 0.15) is 31.1 Å². The first-order valence-electron chi connectivity index (χ1n) is 7.69. The Balaban J connectivity index is 2.08. The van der Waals surface area contributed by atoms with Crippen LogP contribution in [0, 0.1) is 0 Å². The minimum atomic E-state index is -0.369. The molecule has 1 heterocycles. The Morgan fingerprint density at radius 2 is 1.78 bits per heavy atom. The molecule has 0 N–H and O–H groups in total. The molecular formula is C19H19NO3. The molecule has 0 spiro atoms. The monoisotopic (exact) mass is 309 g/mol. The summed E-state index contributed by atoms with van der Waals surface area (Å²) in [5, 5.41) is 0. The molecule has 0 aliphatic carbocycles. The van der Waals surface area contributed by atoms with Crippen molar-refractivity contribution in [3.63, 3.8) is 0 Å². The zero-order valence-electron chi connectivity index (χ0n) is 13.4. The predicted octanol–water partition coefficient (Wildman–Crippen LogP) is 4.29. The molecule has 1 amide bonds. The highest BCUT2D eigenvalue weighted by Crippen LogP contribution is 2.32. The fourth-order valence-corrected chi connectivity index (χ4v) is 2.87. The number of carbonyl (C=O) groups excluding carboxylic acids is 2. The van der Waals surface area contributed by atoms with Crippen LogP contribution >= 0.6 is 0 Å². The lowest BCUT2D eigenvalue weighted by Crippen LogP contribution is -2.33. The highest BCUT2D eigenvalue weighted by atomic mass is 16.6. The van der Waals surface area contributed by atoms with Crippen molar-refractivity contribution in [1.29, 1.82) is 0 Å². The first-order chi connectivity index (χ1) is 11.0. The Kier molecular flexibility index (Phi) is 3.90. The quantitative estimate of drug-likeness (QED) is 0.795. The summed E-state index contributed by atoms with van der Waals surface area (Å²) in [5.41, 5.74) is 3.15. The number of hydrogen-bond acceptors (Lipinski definition) is 3. The standard InChI is InChI=1S/C19H19NO3/c1-12-14(3)23-19(22)20(12)16-9-10-17(18(11-16)13(2)21)15-7-5-4-6-8-15/h4-12,14H,1-3H3. The van der Waals surface area contributed by atoms with Crippen LogP contribution in [-0.4, -0.2) is 24.0 Å². The summed E-state index contributed by atoms with van der Waals surface area (Å²) in [6.45, 7) is 5.35. The highest BCUT2D eigenvalue weighted by Gasteiger charge is 2.37. The molecule has 23 heavy (non-hydrogen) atoms. The van der Waals surface area contributed by atoms with Crippen LogP contribution in [0.4, 0.5) is 10.5 Å². The summed E-state index contributed by atoms with van der Waals surface area (Å²) >= 11 is 0. The lowest BCUT2D eigenvalue weighted by Gasteiger charge is -2.21. The van der Waals surface area contributed by atoms with E-state index in [1.165, 1.54) is 0 Å². The molecule has 1 aliphatic rings. The number of rotatable bonds is 3. The average molecular weight is 309 g/mol. The van der Waals surface area contributed by atoms with Crippen LogP contribution in [-0.2, 0) is 4.74 Å². The van der Waals surface area contributed by atoms with Gasteiger partial charge in [0, 0.05) is 11.3 Å². The highest BCUT2D eigenvalue weighted by molar-refractivity contribution is 6.03. The molecule has 4 nitrogen and oxygen atoms in total. The molecule has 2 aromatic carbocycles. The second-order valence-electron chi connectivity index (χ2n) is 5.85. The average Bonchev–Trinajstić information content (AvgIpc) is 2.80. The maximum absolute atomic E-state index is 12.1. The first-order valence-corrected chi connectivity index (χ1v) is 7.69. The Hall–Kier alpha value is -2.62. The van der Waals surface area contributed by atoms with Gasteiger partial charge >= 0.3 is 6.09 Å². The Labute approximate surface area is 135 Å². The molecule has 0 bridgehead atoms. The number of ketones is 1. The molecule has 2 unspecified atom stereocenters. The SMILES string of the molecule is CC(=O)c1cc(N2C(=O)OC(C)C2C)ccc1-c1ccccc1. The van der Waals surface area contributed by atoms with Crippen molar-refractivity contribution in [3.8, 4) is 11.1 Å². The summed E-state index contributed by atoms with van der Waals surface area (Å²) in [4.78, 5) is 25.8. The van der Waals surface area contributed by atoms with Gasteiger partial charge in [-0.1, -0.05) is 36.4 Å². The predicted molar refractivity (Wildman–Crippen MR) is 89.8 cm³/mol. The Morgan fingerprint density at radius 1 is 1.09 bits per heavy atom. The van der Waals surface area contributed by atoms with Crippen LogP contribution in [0.25, 0.3) is 11.1 Å². The van der Waals surface area contributed by atoms with Crippen molar-refractivity contribution < 1.29 is 14.3 Å². The number of benzene rings is 2. The van der Waals surface area contributed by atoms with Crippen molar-refractivity contribution in [2.24, 2.45) is 0 Å². The van der Waals surface area contributed by atoms with E-state index < -0.39 is 0 Å². The molecule has 1 saturated heterocycles. The number of hydrogen-bond donors (Lipinski definition) is 0. The van der Waals surface area contributed by atoms with Gasteiger partial charge in [-0.25, -0.2) is 4.79 Å². The third-order valence-electron chi connectivity index (χ3n) is 4.32. The largest absolute Gasteiger partial charge is 0.444 e. The number of cyclic esters (lactones) is 1. The maximum Gasteiger partial charge on any atom is 0.415 e. The normalized spacial score (nSPS) is 20.5. The third kappa shape index (κ3) is 2.72. The van der Waals surface area contributed by atoms with E-state index in [2.05, 4.69) is 0 Å². The van der Waals surface area contributed by atoms with Crippen molar-refractivity contribution in [3.05, 3.63) is 54.1 Å². The molecule has 0 saturated carbocycles. The topological polar surface area (TPSA) is 46.6 Å². The summed E-state index contributed by atoms with van der Waals surface area (Å²) in [7, 11) is 0. The van der Waals surface area contributed by atoms with Gasteiger partial charge < -0.3 is 4.74 Å². The lowest BCUT2D eigenvalue weighted by molar-refractivity contribution is 0.101. The van der Waals surface area contributed by atoms with E-state index in [0.29, 0.717) is 11.3 Å². The van der Waals surface area contributed by atoms with Gasteiger partial charge in [0.25, 0.3) is 0 Å². The van der Waals surface area contributed by atoms with Gasteiger partial charge in [-0.3, -0.25) is 9.69 Å². The van der Waals surface area contributed by atoms with Crippen LogP contribution < -0.4 is 4.90 Å². The van der Waals surface area contributed by atoms with Crippen molar-refractivity contribution in [2.75, 3.05) is 4.90 Å². The maximum atomic E-state index is 12.1. The molecule has 118 valence electrons. The van der Waals surface area contributed by atoms with Gasteiger partial charge in [0.05, 0.1) is 6.04 Å². The summed E-state index contributed by atoms with van der Waals surface area (Å²) in [6.07, 6.45) is -0.538. The molecule has 2 aromatic rings. The van der Waals surface area contributed by atoms with E-state index >= 15 is 0 Å². The number of carbonyl (C=O) groups is 2. The van der Waals surface area contributed by atoms with Crippen LogP contribution in [0.15, 0.2) is 48.5 Å². The number of anilines is 1. The fourth-order valence-electron chi connectivity index (χ4n) is 2.87. The van der Waals surface area contributed by atoms with Gasteiger partial charge in [0.15, 0.2) is 5.78 Å². The van der Waals surface area contributed by atoms with Crippen LogP contribution in [0.2, 0.25) is 0 Å². The van der Waals surface area contributed by atoms with E-state index in [9.17, 15) is 9.59 Å². The van der Waals surface area contributed by atoms with E-state index in [-0.39, 0.29) is 24.0 Å². The zero-order chi connectivity index (χ0) is 16.6. The van der Waals surface area contributed by atoms with E-state index in [1.54, 1.807) is 17.9 Å². The minimum absolute atomic E-state index is 0.0287. The summed E-state index contributed by atoms with van der Waals surface area (Å²) in [5.74, 6) is -0.0287. The summed E-state index contributed by atoms with van der Waals surface area (Å²) in [6, 6.07) is 15.2.